The first kappa shape index (κ1) is 21.8. The third-order valence-electron chi connectivity index (χ3n) is 6.47. The van der Waals surface area contributed by atoms with E-state index < -0.39 is 7.49 Å². The fourth-order valence-electron chi connectivity index (χ4n) is 4.48. The number of para-hydroxylation sites is 1. The maximum absolute atomic E-state index is 11.3. The van der Waals surface area contributed by atoms with Crippen molar-refractivity contribution in [2.45, 2.75) is 25.8 Å². The molecule has 0 unspecified atom stereocenters. The van der Waals surface area contributed by atoms with E-state index in [1.165, 1.54) is 0 Å². The Morgan fingerprint density at radius 2 is 1.97 bits per heavy atom. The summed E-state index contributed by atoms with van der Waals surface area (Å²) in [5.74, 6) is 1.15. The van der Waals surface area contributed by atoms with Crippen LogP contribution < -0.4 is 21.1 Å². The number of aromatic amines is 1. The first-order chi connectivity index (χ1) is 16.0. The molecular formula is C25H29N5O2P. The lowest BCUT2D eigenvalue weighted by atomic mass is 10.1. The van der Waals surface area contributed by atoms with Crippen molar-refractivity contribution < 1.29 is 9.63 Å². The number of benzene rings is 2. The highest BCUT2D eigenvalue weighted by Crippen LogP contribution is 2.57. The minimum atomic E-state index is -2.19. The van der Waals surface area contributed by atoms with Crippen LogP contribution in [0.2, 0.25) is 0 Å². The zero-order chi connectivity index (χ0) is 23.0. The van der Waals surface area contributed by atoms with E-state index in [9.17, 15) is 4.89 Å². The van der Waals surface area contributed by atoms with Gasteiger partial charge in [-0.05, 0) is 55.9 Å². The Hall–Kier alpha value is -2.99. The number of hydrogen-bond acceptors (Lipinski definition) is 6. The smallest absolute Gasteiger partial charge is 0.227 e. The summed E-state index contributed by atoms with van der Waals surface area (Å²) >= 11 is 0. The monoisotopic (exact) mass is 462 g/mol. The van der Waals surface area contributed by atoms with Crippen LogP contribution in [0.3, 0.4) is 0 Å². The molecule has 0 atom stereocenters. The molecule has 1 aliphatic heterocycles. The fourth-order valence-corrected chi connectivity index (χ4v) is 7.45. The molecule has 2 aromatic carbocycles. The predicted molar refractivity (Wildman–Crippen MR) is 136 cm³/mol. The molecular weight excluding hydrogens is 433 g/mol. The number of rotatable bonds is 5. The third kappa shape index (κ3) is 4.20. The Morgan fingerprint density at radius 1 is 1.18 bits per heavy atom. The van der Waals surface area contributed by atoms with E-state index in [0.717, 1.165) is 63.9 Å². The molecule has 0 bridgehead atoms. The topological polar surface area (TPSA) is 109 Å². The van der Waals surface area contributed by atoms with Crippen molar-refractivity contribution >= 4 is 35.3 Å². The van der Waals surface area contributed by atoms with Gasteiger partial charge in [-0.3, -0.25) is 0 Å². The molecule has 8 heteroatoms. The molecule has 0 aliphatic carbocycles. The highest BCUT2D eigenvalue weighted by molar-refractivity contribution is 7.77. The highest BCUT2D eigenvalue weighted by Gasteiger charge is 2.32. The normalized spacial score (nSPS) is 20.7. The van der Waals surface area contributed by atoms with Gasteiger partial charge in [0.2, 0.25) is 5.95 Å². The first-order valence-corrected chi connectivity index (χ1v) is 13.3. The maximum atomic E-state index is 11.3. The summed E-state index contributed by atoms with van der Waals surface area (Å²) in [6.07, 6.45) is 7.06. The lowest BCUT2D eigenvalue weighted by molar-refractivity contribution is 0.417. The van der Waals surface area contributed by atoms with Crippen LogP contribution in [0.15, 0.2) is 54.9 Å². The van der Waals surface area contributed by atoms with Gasteiger partial charge in [0.05, 0.1) is 18.5 Å². The number of nitrogens with one attached hydrogen (secondary N) is 2. The lowest BCUT2D eigenvalue weighted by Crippen LogP contribution is -2.32. The Kier molecular flexibility index (Phi) is 5.79. The Balaban J connectivity index is 1.45. The van der Waals surface area contributed by atoms with Crippen LogP contribution in [0.5, 0.6) is 5.75 Å². The second-order valence-electron chi connectivity index (χ2n) is 8.69. The quantitative estimate of drug-likeness (QED) is 0.328. The van der Waals surface area contributed by atoms with Gasteiger partial charge in [0, 0.05) is 47.7 Å². The van der Waals surface area contributed by atoms with E-state index in [4.69, 9.17) is 15.5 Å². The van der Waals surface area contributed by atoms with Crippen molar-refractivity contribution in [3.05, 3.63) is 60.4 Å². The Labute approximate surface area is 193 Å². The number of nitrogens with two attached hydrogens (primary N) is 1. The minimum absolute atomic E-state index is 0.193. The molecule has 2 aromatic heterocycles. The molecule has 1 radical (unpaired) electrons. The van der Waals surface area contributed by atoms with E-state index in [0.29, 0.717) is 11.7 Å². The van der Waals surface area contributed by atoms with Gasteiger partial charge in [0.1, 0.15) is 5.75 Å². The highest BCUT2D eigenvalue weighted by atomic mass is 31.2. The zero-order valence-corrected chi connectivity index (χ0v) is 19.8. The van der Waals surface area contributed by atoms with Gasteiger partial charge in [-0.2, -0.15) is 0 Å². The van der Waals surface area contributed by atoms with Gasteiger partial charge in [-0.25, -0.2) is 9.97 Å². The van der Waals surface area contributed by atoms with Crippen molar-refractivity contribution in [2.75, 3.05) is 24.8 Å². The van der Waals surface area contributed by atoms with Crippen molar-refractivity contribution in [2.24, 2.45) is 5.73 Å². The molecule has 5 rings (SSSR count). The molecule has 7 nitrogen and oxygen atoms in total. The third-order valence-corrected chi connectivity index (χ3v) is 9.70. The number of anilines is 2. The van der Waals surface area contributed by atoms with Crippen LogP contribution in [0.25, 0.3) is 22.2 Å². The summed E-state index contributed by atoms with van der Waals surface area (Å²) in [6, 6.07) is 14.2. The van der Waals surface area contributed by atoms with Crippen LogP contribution in [-0.2, 0) is 0 Å². The number of nitrogens with zero attached hydrogens (tertiary/aromatic N) is 2. The number of aryl methyl sites for hydroxylation is 1. The summed E-state index contributed by atoms with van der Waals surface area (Å²) < 4.78 is 5.66. The van der Waals surface area contributed by atoms with Gasteiger partial charge in [0.15, 0.2) is 0 Å². The molecule has 33 heavy (non-hydrogen) atoms. The fraction of sp³-hybridized carbons (Fsp3) is 0.280. The summed E-state index contributed by atoms with van der Waals surface area (Å²) in [6.45, 7) is 2.01. The molecule has 3 heterocycles. The SMILES string of the molecule is COc1cc([P]2(O)CCC(N)CC2)ccc1Nc1ncc(C)c(-c2c[nH]c3ccccc23)n1. The van der Waals surface area contributed by atoms with Crippen molar-refractivity contribution in [3.8, 4) is 17.0 Å². The Bertz CT molecular complexity index is 1300. The molecule has 1 fully saturated rings. The summed E-state index contributed by atoms with van der Waals surface area (Å²) in [7, 11) is -0.553. The van der Waals surface area contributed by atoms with Crippen LogP contribution in [0.4, 0.5) is 11.6 Å². The van der Waals surface area contributed by atoms with Crippen LogP contribution in [0, 0.1) is 6.92 Å². The second kappa shape index (κ2) is 8.75. The van der Waals surface area contributed by atoms with Crippen molar-refractivity contribution in [1.29, 1.82) is 0 Å². The maximum Gasteiger partial charge on any atom is 0.227 e. The number of methoxy groups -OCH3 is 1. The van der Waals surface area contributed by atoms with Crippen LogP contribution >= 0.6 is 7.49 Å². The number of aromatic nitrogens is 3. The molecule has 0 amide bonds. The van der Waals surface area contributed by atoms with E-state index in [2.05, 4.69) is 27.4 Å². The standard InChI is InChI=1S/C25H29N5O2P/c1-16-14-28-25(30-24(16)20-15-27-21-6-4-3-5-19(20)21)29-22-8-7-18(13-23(22)32-2)33(31)11-9-17(26)10-12-33/h3-8,13-15,17,27,31H,9-12,26H2,1-2H3,(H,28,29,30). The lowest BCUT2D eigenvalue weighted by Gasteiger charge is -2.37. The Morgan fingerprint density at radius 3 is 2.76 bits per heavy atom. The number of hydrogen-bond donors (Lipinski definition) is 4. The summed E-state index contributed by atoms with van der Waals surface area (Å²) in [4.78, 5) is 23.9. The van der Waals surface area contributed by atoms with Crippen molar-refractivity contribution in [3.63, 3.8) is 0 Å². The number of H-pyrrole nitrogens is 1. The summed E-state index contributed by atoms with van der Waals surface area (Å²) in [5, 5.41) is 5.39. The van der Waals surface area contributed by atoms with Gasteiger partial charge in [-0.1, -0.05) is 24.3 Å². The summed E-state index contributed by atoms with van der Waals surface area (Å²) in [5.41, 5.74) is 10.8. The average Bonchev–Trinajstić information content (AvgIpc) is 3.26. The second-order valence-corrected chi connectivity index (χ2v) is 11.9. The first-order valence-electron chi connectivity index (χ1n) is 11.2. The minimum Gasteiger partial charge on any atom is -0.495 e. The van der Waals surface area contributed by atoms with Crippen molar-refractivity contribution in [1.82, 2.24) is 15.0 Å². The van der Waals surface area contributed by atoms with Gasteiger partial charge < -0.3 is 25.7 Å². The van der Waals surface area contributed by atoms with Crippen LogP contribution in [0.1, 0.15) is 18.4 Å². The van der Waals surface area contributed by atoms with Gasteiger partial charge >= 0.3 is 0 Å². The van der Waals surface area contributed by atoms with E-state index in [-0.39, 0.29) is 6.04 Å². The van der Waals surface area contributed by atoms with Gasteiger partial charge in [0.25, 0.3) is 0 Å². The molecule has 0 saturated carbocycles. The van der Waals surface area contributed by atoms with Crippen LogP contribution in [-0.4, -0.2) is 45.3 Å². The average molecular weight is 463 g/mol. The molecule has 171 valence electrons. The molecule has 1 aliphatic rings. The molecule has 5 N–H and O–H groups in total. The van der Waals surface area contributed by atoms with E-state index in [1.807, 2.05) is 49.6 Å². The number of fused-ring (bicyclic) bond motifs is 1. The molecule has 0 spiro atoms. The molecule has 1 saturated heterocycles. The van der Waals surface area contributed by atoms with Gasteiger partial charge in [-0.15, -0.1) is 0 Å². The predicted octanol–water partition coefficient (Wildman–Crippen LogP) is 4.36. The zero-order valence-electron chi connectivity index (χ0n) is 18.9. The molecule has 4 aromatic rings. The van der Waals surface area contributed by atoms with E-state index >= 15 is 0 Å². The van der Waals surface area contributed by atoms with E-state index in [1.54, 1.807) is 7.11 Å². The largest absolute Gasteiger partial charge is 0.495 e. The number of ether oxygens (including phenoxy) is 1.